The van der Waals surface area contributed by atoms with Crippen LogP contribution < -0.4 is 0 Å². The normalized spacial score (nSPS) is 18.8. The fourth-order valence-electron chi connectivity index (χ4n) is 2.01. The number of benzene rings is 1. The molecule has 70 valence electrons. The number of fused-ring (bicyclic) bond motifs is 1. The Kier molecular flexibility index (Phi) is 2.65. The van der Waals surface area contributed by atoms with Gasteiger partial charge in [0, 0.05) is 6.54 Å². The molecule has 0 fully saturated rings. The minimum Gasteiger partial charge on any atom is -0.306 e. The first-order chi connectivity index (χ1) is 6.36. The van der Waals surface area contributed by atoms with E-state index in [9.17, 15) is 0 Å². The van der Waals surface area contributed by atoms with Crippen LogP contribution in [0.3, 0.4) is 0 Å². The fourth-order valence-corrected chi connectivity index (χ4v) is 2.01. The van der Waals surface area contributed by atoms with Crippen LogP contribution in [0, 0.1) is 0 Å². The van der Waals surface area contributed by atoms with E-state index in [0.29, 0.717) is 0 Å². The molecule has 1 aromatic carbocycles. The first kappa shape index (κ1) is 8.76. The van der Waals surface area contributed by atoms with E-state index in [4.69, 9.17) is 0 Å². The van der Waals surface area contributed by atoms with Gasteiger partial charge in [0.15, 0.2) is 0 Å². The number of rotatable bonds is 0. The molecule has 13 heavy (non-hydrogen) atoms. The van der Waals surface area contributed by atoms with Gasteiger partial charge in [-0.2, -0.15) is 0 Å². The van der Waals surface area contributed by atoms with Gasteiger partial charge in [-0.05, 0) is 44.0 Å². The molecule has 0 aromatic heterocycles. The van der Waals surface area contributed by atoms with Crippen LogP contribution in [0.2, 0.25) is 0 Å². The van der Waals surface area contributed by atoms with Crippen molar-refractivity contribution in [2.75, 3.05) is 20.1 Å². The van der Waals surface area contributed by atoms with Crippen LogP contribution in [-0.2, 0) is 12.8 Å². The van der Waals surface area contributed by atoms with Crippen molar-refractivity contribution in [1.82, 2.24) is 4.90 Å². The molecule has 1 nitrogen and oxygen atoms in total. The quantitative estimate of drug-likeness (QED) is 0.583. The zero-order valence-corrected chi connectivity index (χ0v) is 8.29. The van der Waals surface area contributed by atoms with Gasteiger partial charge in [-0.3, -0.25) is 0 Å². The van der Waals surface area contributed by atoms with Crippen molar-refractivity contribution in [1.29, 1.82) is 0 Å². The minimum absolute atomic E-state index is 1.21. The molecule has 0 saturated heterocycles. The Morgan fingerprint density at radius 2 is 1.69 bits per heavy atom. The topological polar surface area (TPSA) is 3.24 Å². The second-order valence-corrected chi connectivity index (χ2v) is 3.93. The van der Waals surface area contributed by atoms with E-state index in [2.05, 4.69) is 36.2 Å². The zero-order valence-electron chi connectivity index (χ0n) is 8.29. The summed E-state index contributed by atoms with van der Waals surface area (Å²) in [5.41, 5.74) is 3.12. The lowest BCUT2D eigenvalue weighted by molar-refractivity contribution is 0.327. The summed E-state index contributed by atoms with van der Waals surface area (Å²) in [5, 5.41) is 0. The molecule has 1 heterocycles. The van der Waals surface area contributed by atoms with Crippen molar-refractivity contribution in [3.8, 4) is 0 Å². The first-order valence-electron chi connectivity index (χ1n) is 5.11. The Labute approximate surface area is 80.4 Å². The monoisotopic (exact) mass is 175 g/mol. The van der Waals surface area contributed by atoms with Gasteiger partial charge < -0.3 is 4.90 Å². The molecule has 0 saturated carbocycles. The van der Waals surface area contributed by atoms with E-state index in [-0.39, 0.29) is 0 Å². The van der Waals surface area contributed by atoms with Gasteiger partial charge in [-0.25, -0.2) is 0 Å². The van der Waals surface area contributed by atoms with Crippen LogP contribution >= 0.6 is 0 Å². The maximum absolute atomic E-state index is 2.43. The van der Waals surface area contributed by atoms with Gasteiger partial charge in [-0.1, -0.05) is 24.3 Å². The summed E-state index contributed by atoms with van der Waals surface area (Å²) in [6.07, 6.45) is 3.76. The molecule has 0 aliphatic carbocycles. The van der Waals surface area contributed by atoms with Gasteiger partial charge >= 0.3 is 0 Å². The summed E-state index contributed by atoms with van der Waals surface area (Å²) in [5.74, 6) is 0. The van der Waals surface area contributed by atoms with Crippen LogP contribution in [0.25, 0.3) is 0 Å². The molecule has 0 atom stereocenters. The molecule has 1 aliphatic heterocycles. The fraction of sp³-hybridized carbons (Fsp3) is 0.500. The maximum atomic E-state index is 2.43. The summed E-state index contributed by atoms with van der Waals surface area (Å²) in [4.78, 5) is 2.43. The Hall–Kier alpha value is -0.820. The van der Waals surface area contributed by atoms with E-state index in [1.807, 2.05) is 0 Å². The average Bonchev–Trinajstić information content (AvgIpc) is 2.13. The van der Waals surface area contributed by atoms with E-state index in [1.165, 1.54) is 32.4 Å². The molecule has 0 amide bonds. The summed E-state index contributed by atoms with van der Waals surface area (Å²) >= 11 is 0. The number of likely N-dealkylation sites (N-methyl/N-ethyl adjacent to an activating group) is 1. The third kappa shape index (κ3) is 2.10. The molecule has 0 bridgehead atoms. The van der Waals surface area contributed by atoms with Crippen molar-refractivity contribution in [3.63, 3.8) is 0 Å². The van der Waals surface area contributed by atoms with Crippen molar-refractivity contribution >= 4 is 0 Å². The molecule has 1 aliphatic rings. The molecule has 0 N–H and O–H groups in total. The molecule has 0 unspecified atom stereocenters. The van der Waals surface area contributed by atoms with E-state index in [0.717, 1.165) is 0 Å². The van der Waals surface area contributed by atoms with Crippen LogP contribution in [0.4, 0.5) is 0 Å². The molecular formula is C12H17N. The lowest BCUT2D eigenvalue weighted by atomic mass is 9.98. The van der Waals surface area contributed by atoms with Crippen molar-refractivity contribution in [2.24, 2.45) is 0 Å². The van der Waals surface area contributed by atoms with Gasteiger partial charge in [0.1, 0.15) is 0 Å². The predicted molar refractivity (Wildman–Crippen MR) is 56.0 cm³/mol. The number of aryl methyl sites for hydroxylation is 1. The number of hydrogen-bond acceptors (Lipinski definition) is 1. The zero-order chi connectivity index (χ0) is 9.10. The molecule has 0 spiro atoms. The third-order valence-corrected chi connectivity index (χ3v) is 2.87. The van der Waals surface area contributed by atoms with Gasteiger partial charge in [0.2, 0.25) is 0 Å². The largest absolute Gasteiger partial charge is 0.306 e. The van der Waals surface area contributed by atoms with E-state index >= 15 is 0 Å². The molecular weight excluding hydrogens is 158 g/mol. The Bertz CT molecular complexity index is 280. The summed E-state index contributed by atoms with van der Waals surface area (Å²) in [6, 6.07) is 8.86. The van der Waals surface area contributed by atoms with E-state index < -0.39 is 0 Å². The summed E-state index contributed by atoms with van der Waals surface area (Å²) in [7, 11) is 2.22. The minimum atomic E-state index is 1.21. The SMILES string of the molecule is CN1CCCc2ccccc2CC1. The Balaban J connectivity index is 2.20. The molecule has 2 rings (SSSR count). The first-order valence-corrected chi connectivity index (χ1v) is 5.11. The molecule has 1 aromatic rings. The highest BCUT2D eigenvalue weighted by atomic mass is 15.1. The smallest absolute Gasteiger partial charge is 0.00189 e. The van der Waals surface area contributed by atoms with Crippen LogP contribution in [0.15, 0.2) is 24.3 Å². The second kappa shape index (κ2) is 3.93. The third-order valence-electron chi connectivity index (χ3n) is 2.87. The molecule has 0 radical (unpaired) electrons. The standard InChI is InChI=1S/C12H17N/c1-13-9-4-7-11-5-2-3-6-12(11)8-10-13/h2-3,5-6H,4,7-10H2,1H3. The summed E-state index contributed by atoms with van der Waals surface area (Å²) in [6.45, 7) is 2.45. The van der Waals surface area contributed by atoms with Crippen LogP contribution in [-0.4, -0.2) is 25.0 Å². The number of nitrogens with zero attached hydrogens (tertiary/aromatic N) is 1. The maximum Gasteiger partial charge on any atom is 0.00189 e. The van der Waals surface area contributed by atoms with Crippen LogP contribution in [0.1, 0.15) is 17.5 Å². The lowest BCUT2D eigenvalue weighted by Gasteiger charge is -2.21. The van der Waals surface area contributed by atoms with Crippen LogP contribution in [0.5, 0.6) is 0 Å². The average molecular weight is 175 g/mol. The highest BCUT2D eigenvalue weighted by Gasteiger charge is 2.07. The van der Waals surface area contributed by atoms with Gasteiger partial charge in [-0.15, -0.1) is 0 Å². The molecule has 1 heteroatoms. The Morgan fingerprint density at radius 3 is 2.46 bits per heavy atom. The predicted octanol–water partition coefficient (Wildman–Crippen LogP) is 2.11. The van der Waals surface area contributed by atoms with Crippen molar-refractivity contribution in [2.45, 2.75) is 19.3 Å². The number of hydrogen-bond donors (Lipinski definition) is 0. The Morgan fingerprint density at radius 1 is 1.00 bits per heavy atom. The van der Waals surface area contributed by atoms with E-state index in [1.54, 1.807) is 11.1 Å². The van der Waals surface area contributed by atoms with Crippen molar-refractivity contribution in [3.05, 3.63) is 35.4 Å². The highest BCUT2D eigenvalue weighted by Crippen LogP contribution is 2.14. The van der Waals surface area contributed by atoms with Gasteiger partial charge in [0.05, 0.1) is 0 Å². The van der Waals surface area contributed by atoms with Crippen molar-refractivity contribution < 1.29 is 0 Å². The van der Waals surface area contributed by atoms with Gasteiger partial charge in [0.25, 0.3) is 0 Å². The summed E-state index contributed by atoms with van der Waals surface area (Å²) < 4.78 is 0. The second-order valence-electron chi connectivity index (χ2n) is 3.93. The lowest BCUT2D eigenvalue weighted by Crippen LogP contribution is -2.25. The highest BCUT2D eigenvalue weighted by molar-refractivity contribution is 5.27.